The minimum absolute atomic E-state index is 0.412. The van der Waals surface area contributed by atoms with Crippen LogP contribution in [0.4, 0.5) is 0 Å². The molecule has 172 valence electrons. The molecule has 3 nitrogen and oxygen atoms in total. The molecule has 3 heteroatoms. The normalized spacial score (nSPS) is 33.4. The Morgan fingerprint density at radius 2 is 1.35 bits per heavy atom. The quantitative estimate of drug-likeness (QED) is 0.466. The van der Waals surface area contributed by atoms with Crippen LogP contribution < -0.4 is 0 Å². The maximum atomic E-state index is 5.16. The van der Waals surface area contributed by atoms with Gasteiger partial charge in [-0.3, -0.25) is 9.98 Å². The van der Waals surface area contributed by atoms with Gasteiger partial charge in [-0.25, -0.2) is 4.98 Å². The Morgan fingerprint density at radius 3 is 1.87 bits per heavy atom. The summed E-state index contributed by atoms with van der Waals surface area (Å²) in [6, 6.07) is 7.18. The molecule has 0 aliphatic heterocycles. The van der Waals surface area contributed by atoms with E-state index < -0.39 is 0 Å². The van der Waals surface area contributed by atoms with Crippen LogP contribution in [0.1, 0.15) is 105 Å². The SMILES string of the molecule is CC(=NC1CCC(C(C)(C)C)CC1)c1cccc(C(C)=NC2C(C)CC(C)CC2C)n1. The number of aromatic nitrogens is 1. The Labute approximate surface area is 191 Å². The van der Waals surface area contributed by atoms with Gasteiger partial charge in [-0.1, -0.05) is 47.6 Å². The highest BCUT2D eigenvalue weighted by Gasteiger charge is 2.31. The molecule has 3 rings (SSSR count). The maximum Gasteiger partial charge on any atom is 0.0845 e. The van der Waals surface area contributed by atoms with E-state index >= 15 is 0 Å². The monoisotopic (exact) mass is 423 g/mol. The fraction of sp³-hybridized carbons (Fsp3) is 0.750. The van der Waals surface area contributed by atoms with Gasteiger partial charge in [0.25, 0.3) is 0 Å². The van der Waals surface area contributed by atoms with Crippen molar-refractivity contribution in [2.24, 2.45) is 39.1 Å². The highest BCUT2D eigenvalue weighted by molar-refractivity contribution is 6.00. The fourth-order valence-corrected chi connectivity index (χ4v) is 6.00. The van der Waals surface area contributed by atoms with Crippen LogP contribution in [0.15, 0.2) is 28.2 Å². The summed E-state index contributed by atoms with van der Waals surface area (Å²) in [5.74, 6) is 2.93. The molecule has 2 aliphatic carbocycles. The van der Waals surface area contributed by atoms with Gasteiger partial charge in [-0.2, -0.15) is 0 Å². The molecule has 2 saturated carbocycles. The van der Waals surface area contributed by atoms with Crippen LogP contribution in [-0.4, -0.2) is 28.5 Å². The van der Waals surface area contributed by atoms with Gasteiger partial charge >= 0.3 is 0 Å². The summed E-state index contributed by atoms with van der Waals surface area (Å²) in [5.41, 5.74) is 4.56. The first-order chi connectivity index (χ1) is 14.5. The third kappa shape index (κ3) is 6.26. The fourth-order valence-electron chi connectivity index (χ4n) is 6.00. The first-order valence-corrected chi connectivity index (χ1v) is 12.6. The number of nitrogens with zero attached hydrogens (tertiary/aromatic N) is 3. The summed E-state index contributed by atoms with van der Waals surface area (Å²) in [6.07, 6.45) is 7.55. The van der Waals surface area contributed by atoms with Gasteiger partial charge in [0.05, 0.1) is 34.9 Å². The molecule has 0 amide bonds. The van der Waals surface area contributed by atoms with Crippen molar-refractivity contribution < 1.29 is 0 Å². The van der Waals surface area contributed by atoms with Gasteiger partial charge in [-0.15, -0.1) is 0 Å². The van der Waals surface area contributed by atoms with Crippen LogP contribution in [0.25, 0.3) is 0 Å². The lowest BCUT2D eigenvalue weighted by Gasteiger charge is -2.36. The van der Waals surface area contributed by atoms with Crippen LogP contribution in [0.2, 0.25) is 0 Å². The second kappa shape index (κ2) is 9.96. The number of rotatable bonds is 4. The minimum atomic E-state index is 0.412. The third-order valence-corrected chi connectivity index (χ3v) is 7.85. The summed E-state index contributed by atoms with van der Waals surface area (Å²) < 4.78 is 0. The molecule has 1 aromatic rings. The van der Waals surface area contributed by atoms with Gasteiger partial charge in [0, 0.05) is 0 Å². The molecule has 1 heterocycles. The number of pyridine rings is 1. The van der Waals surface area contributed by atoms with Gasteiger partial charge < -0.3 is 0 Å². The van der Waals surface area contributed by atoms with Crippen molar-refractivity contribution in [3.63, 3.8) is 0 Å². The van der Waals surface area contributed by atoms with Crippen molar-refractivity contribution >= 4 is 11.4 Å². The number of hydrogen-bond donors (Lipinski definition) is 0. The molecular formula is C28H45N3. The van der Waals surface area contributed by atoms with E-state index in [1.807, 2.05) is 0 Å². The Morgan fingerprint density at radius 1 is 0.839 bits per heavy atom. The predicted octanol–water partition coefficient (Wildman–Crippen LogP) is 7.38. The maximum absolute atomic E-state index is 5.16. The van der Waals surface area contributed by atoms with E-state index in [1.54, 1.807) is 0 Å². The standard InChI is InChI=1S/C28H45N3/c1-18-16-19(2)27(20(3)17-18)30-22(5)26-11-9-10-25(31-26)21(4)29-24-14-12-23(13-15-24)28(6,7)8/h9-11,18-20,23-24,27H,12-17H2,1-8H3. The van der Waals surface area contributed by atoms with E-state index in [-0.39, 0.29) is 0 Å². The molecule has 0 saturated heterocycles. The molecule has 0 aromatic carbocycles. The summed E-state index contributed by atoms with van der Waals surface area (Å²) >= 11 is 0. The van der Waals surface area contributed by atoms with Crippen LogP contribution in [-0.2, 0) is 0 Å². The lowest BCUT2D eigenvalue weighted by Crippen LogP contribution is -2.33. The summed E-state index contributed by atoms with van der Waals surface area (Å²) in [4.78, 5) is 15.2. The van der Waals surface area contributed by atoms with Crippen molar-refractivity contribution in [1.29, 1.82) is 0 Å². The third-order valence-electron chi connectivity index (χ3n) is 7.85. The molecule has 0 N–H and O–H groups in total. The average Bonchev–Trinajstić information content (AvgIpc) is 2.70. The molecule has 2 fully saturated rings. The van der Waals surface area contributed by atoms with E-state index in [4.69, 9.17) is 15.0 Å². The zero-order valence-electron chi connectivity index (χ0n) is 21.3. The summed E-state index contributed by atoms with van der Waals surface area (Å²) in [5, 5.41) is 0. The Balaban J connectivity index is 1.70. The lowest BCUT2D eigenvalue weighted by atomic mass is 9.71. The van der Waals surface area contributed by atoms with Gasteiger partial charge in [-0.05, 0) is 93.6 Å². The Hall–Kier alpha value is -1.51. The van der Waals surface area contributed by atoms with Gasteiger partial charge in [0.1, 0.15) is 0 Å². The van der Waals surface area contributed by atoms with E-state index in [0.29, 0.717) is 29.3 Å². The largest absolute Gasteiger partial charge is 0.284 e. The van der Waals surface area contributed by atoms with E-state index in [0.717, 1.165) is 34.6 Å². The summed E-state index contributed by atoms with van der Waals surface area (Å²) in [7, 11) is 0. The average molecular weight is 424 g/mol. The van der Waals surface area contributed by atoms with Crippen molar-refractivity contribution in [2.75, 3.05) is 0 Å². The lowest BCUT2D eigenvalue weighted by molar-refractivity contribution is 0.170. The van der Waals surface area contributed by atoms with Gasteiger partial charge in [0.2, 0.25) is 0 Å². The van der Waals surface area contributed by atoms with Crippen molar-refractivity contribution in [1.82, 2.24) is 4.98 Å². The topological polar surface area (TPSA) is 37.6 Å². The predicted molar refractivity (Wildman–Crippen MR) is 134 cm³/mol. The van der Waals surface area contributed by atoms with E-state index in [2.05, 4.69) is 73.6 Å². The Kier molecular flexibility index (Phi) is 7.76. The first-order valence-electron chi connectivity index (χ1n) is 12.6. The molecule has 2 unspecified atom stereocenters. The highest BCUT2D eigenvalue weighted by Crippen LogP contribution is 2.38. The molecule has 2 atom stereocenters. The smallest absolute Gasteiger partial charge is 0.0845 e. The molecule has 0 spiro atoms. The zero-order chi connectivity index (χ0) is 22.8. The molecule has 0 bridgehead atoms. The van der Waals surface area contributed by atoms with Crippen LogP contribution in [0.3, 0.4) is 0 Å². The zero-order valence-corrected chi connectivity index (χ0v) is 21.3. The van der Waals surface area contributed by atoms with E-state index in [1.165, 1.54) is 38.5 Å². The van der Waals surface area contributed by atoms with E-state index in [9.17, 15) is 0 Å². The molecule has 31 heavy (non-hydrogen) atoms. The van der Waals surface area contributed by atoms with Crippen LogP contribution >= 0.6 is 0 Å². The van der Waals surface area contributed by atoms with Crippen molar-refractivity contribution in [3.05, 3.63) is 29.6 Å². The first kappa shape index (κ1) is 24.1. The second-order valence-electron chi connectivity index (χ2n) is 11.7. The van der Waals surface area contributed by atoms with Crippen molar-refractivity contribution in [2.45, 2.75) is 106 Å². The van der Waals surface area contributed by atoms with Gasteiger partial charge in [0.15, 0.2) is 0 Å². The van der Waals surface area contributed by atoms with Crippen molar-refractivity contribution in [3.8, 4) is 0 Å². The Bertz CT molecular complexity index is 781. The highest BCUT2D eigenvalue weighted by atomic mass is 14.9. The molecule has 0 radical (unpaired) electrons. The second-order valence-corrected chi connectivity index (χ2v) is 11.7. The molecule has 2 aliphatic rings. The minimum Gasteiger partial charge on any atom is -0.284 e. The number of hydrogen-bond acceptors (Lipinski definition) is 3. The molecular weight excluding hydrogens is 378 g/mol. The summed E-state index contributed by atoms with van der Waals surface area (Å²) in [6.45, 7) is 18.5. The number of aliphatic imine (C=N–C) groups is 2. The van der Waals surface area contributed by atoms with Crippen LogP contribution in [0, 0.1) is 29.1 Å². The van der Waals surface area contributed by atoms with Crippen LogP contribution in [0.5, 0.6) is 0 Å². The molecule has 1 aromatic heterocycles.